The van der Waals surface area contributed by atoms with Gasteiger partial charge in [0.25, 0.3) is 0 Å². The predicted octanol–water partition coefficient (Wildman–Crippen LogP) is 2.65. The Balaban J connectivity index is 1.50. The van der Waals surface area contributed by atoms with E-state index in [1.165, 1.54) is 4.57 Å². The Hall–Kier alpha value is -3.22. The molecule has 7 heteroatoms. The number of benzene rings is 2. The quantitative estimate of drug-likeness (QED) is 0.669. The van der Waals surface area contributed by atoms with Gasteiger partial charge in [-0.05, 0) is 42.2 Å². The third-order valence-corrected chi connectivity index (χ3v) is 4.60. The van der Waals surface area contributed by atoms with Crippen LogP contribution < -0.4 is 16.4 Å². The first-order chi connectivity index (χ1) is 12.0. The molecule has 0 radical (unpaired) electrons. The van der Waals surface area contributed by atoms with Gasteiger partial charge in [-0.15, -0.1) is 0 Å². The number of carbonyl (C=O) groups is 1. The van der Waals surface area contributed by atoms with E-state index in [1.54, 1.807) is 37.4 Å². The second kappa shape index (κ2) is 5.70. The van der Waals surface area contributed by atoms with Crippen molar-refractivity contribution < 1.29 is 14.3 Å². The molecule has 0 aliphatic heterocycles. The van der Waals surface area contributed by atoms with Gasteiger partial charge in [-0.25, -0.2) is 9.59 Å². The molecule has 1 aliphatic carbocycles. The molecule has 3 N–H and O–H groups in total. The number of phenols is 1. The molecule has 7 nitrogen and oxygen atoms in total. The fraction of sp³-hybridized carbons (Fsp3) is 0.222. The monoisotopic (exact) mass is 339 g/mol. The van der Waals surface area contributed by atoms with Crippen LogP contribution >= 0.6 is 0 Å². The molecular formula is C18H17N3O4. The van der Waals surface area contributed by atoms with Gasteiger partial charge in [0.05, 0.1) is 11.6 Å². The smallest absolute Gasteiger partial charge is 0.419 e. The molecule has 2 amide bonds. The Labute approximate surface area is 142 Å². The Bertz CT molecular complexity index is 1030. The largest absolute Gasteiger partial charge is 0.508 e. The van der Waals surface area contributed by atoms with Crippen molar-refractivity contribution in [1.29, 1.82) is 0 Å². The summed E-state index contributed by atoms with van der Waals surface area (Å²) in [7, 11) is 1.63. The maximum Gasteiger partial charge on any atom is 0.419 e. The van der Waals surface area contributed by atoms with Gasteiger partial charge in [0.2, 0.25) is 0 Å². The summed E-state index contributed by atoms with van der Waals surface area (Å²) in [6.45, 7) is 0. The lowest BCUT2D eigenvalue weighted by atomic mass is 10.1. The van der Waals surface area contributed by atoms with Crippen molar-refractivity contribution in [2.45, 2.75) is 18.9 Å². The number of aromatic nitrogens is 1. The number of fused-ring (bicyclic) bond motifs is 2. The molecule has 0 spiro atoms. The van der Waals surface area contributed by atoms with Gasteiger partial charge in [-0.2, -0.15) is 0 Å². The molecule has 1 heterocycles. The van der Waals surface area contributed by atoms with Gasteiger partial charge in [-0.1, -0.05) is 12.1 Å². The lowest BCUT2D eigenvalue weighted by Crippen LogP contribution is -2.31. The fourth-order valence-corrected chi connectivity index (χ4v) is 3.32. The van der Waals surface area contributed by atoms with E-state index in [1.807, 2.05) is 6.07 Å². The highest BCUT2D eigenvalue weighted by atomic mass is 16.4. The minimum absolute atomic E-state index is 0.138. The molecule has 0 saturated carbocycles. The normalized spacial score (nSPS) is 16.0. The first kappa shape index (κ1) is 15.3. The number of oxazole rings is 1. The molecule has 0 saturated heterocycles. The van der Waals surface area contributed by atoms with E-state index in [4.69, 9.17) is 4.42 Å². The number of urea groups is 1. The minimum Gasteiger partial charge on any atom is -0.508 e. The number of rotatable bonds is 2. The lowest BCUT2D eigenvalue weighted by Gasteiger charge is -2.15. The average molecular weight is 339 g/mol. The van der Waals surface area contributed by atoms with Crippen LogP contribution in [0.25, 0.3) is 11.1 Å². The highest BCUT2D eigenvalue weighted by Gasteiger charge is 2.25. The van der Waals surface area contributed by atoms with Crippen LogP contribution in [-0.4, -0.2) is 15.7 Å². The van der Waals surface area contributed by atoms with Crippen molar-refractivity contribution in [2.75, 3.05) is 5.32 Å². The second-order valence-corrected chi connectivity index (χ2v) is 6.14. The Morgan fingerprint density at radius 3 is 3.00 bits per heavy atom. The zero-order valence-corrected chi connectivity index (χ0v) is 13.6. The molecule has 128 valence electrons. The number of carbonyl (C=O) groups excluding carboxylic acids is 1. The van der Waals surface area contributed by atoms with Gasteiger partial charge in [-0.3, -0.25) is 4.57 Å². The van der Waals surface area contributed by atoms with Crippen LogP contribution in [0.4, 0.5) is 10.5 Å². The number of hydrogen-bond acceptors (Lipinski definition) is 4. The summed E-state index contributed by atoms with van der Waals surface area (Å²) < 4.78 is 6.53. The molecule has 0 unspecified atom stereocenters. The number of phenolic OH excluding ortho intramolecular Hbond substituents is 1. The summed E-state index contributed by atoms with van der Waals surface area (Å²) >= 11 is 0. The zero-order valence-electron chi connectivity index (χ0n) is 13.6. The van der Waals surface area contributed by atoms with Gasteiger partial charge >= 0.3 is 11.8 Å². The van der Waals surface area contributed by atoms with Gasteiger partial charge < -0.3 is 20.2 Å². The Kier molecular flexibility index (Phi) is 3.49. The third-order valence-electron chi connectivity index (χ3n) is 4.60. The summed E-state index contributed by atoms with van der Waals surface area (Å²) in [5.74, 6) is -0.175. The number of aryl methyl sites for hydroxylation is 1. The molecule has 4 rings (SSSR count). The highest BCUT2D eigenvalue weighted by molar-refractivity contribution is 5.91. The van der Waals surface area contributed by atoms with E-state index in [0.717, 1.165) is 24.0 Å². The maximum absolute atomic E-state index is 12.3. The van der Waals surface area contributed by atoms with Gasteiger partial charge in [0.15, 0.2) is 5.58 Å². The summed E-state index contributed by atoms with van der Waals surface area (Å²) in [6.07, 6.45) is 1.47. The van der Waals surface area contributed by atoms with E-state index in [-0.39, 0.29) is 17.8 Å². The van der Waals surface area contributed by atoms with Crippen molar-refractivity contribution in [3.05, 3.63) is 58.1 Å². The zero-order chi connectivity index (χ0) is 17.6. The standard InChI is InChI=1S/C18H17N3O4/c1-21-14-8-5-10(9-16(14)25-18(21)24)19-17(23)20-13-7-6-12-11(13)3-2-4-15(12)22/h2-5,8-9,13,22H,6-7H2,1H3,(H2,19,20,23)/t13-/m1/s1. The van der Waals surface area contributed by atoms with Crippen LogP contribution in [0.15, 0.2) is 45.6 Å². The third kappa shape index (κ3) is 2.63. The SMILES string of the molecule is Cn1c(=O)oc2cc(NC(=O)N[C@@H]3CCc4c(O)cccc43)ccc21. The predicted molar refractivity (Wildman–Crippen MR) is 92.8 cm³/mol. The van der Waals surface area contributed by atoms with E-state index in [2.05, 4.69) is 10.6 Å². The van der Waals surface area contributed by atoms with Crippen molar-refractivity contribution >= 4 is 22.8 Å². The van der Waals surface area contributed by atoms with E-state index < -0.39 is 5.76 Å². The number of hydrogen-bond donors (Lipinski definition) is 3. The first-order valence-corrected chi connectivity index (χ1v) is 8.01. The lowest BCUT2D eigenvalue weighted by molar-refractivity contribution is 0.248. The Morgan fingerprint density at radius 2 is 2.16 bits per heavy atom. The van der Waals surface area contributed by atoms with Crippen molar-refractivity contribution in [2.24, 2.45) is 7.05 Å². The number of amides is 2. The number of nitrogens with one attached hydrogen (secondary N) is 2. The van der Waals surface area contributed by atoms with Gasteiger partial charge in [0, 0.05) is 18.8 Å². The van der Waals surface area contributed by atoms with E-state index in [9.17, 15) is 14.7 Å². The summed E-state index contributed by atoms with van der Waals surface area (Å²) in [4.78, 5) is 23.8. The van der Waals surface area contributed by atoms with Crippen molar-refractivity contribution in [3.8, 4) is 5.75 Å². The van der Waals surface area contributed by atoms with Crippen molar-refractivity contribution in [1.82, 2.24) is 9.88 Å². The average Bonchev–Trinajstić information content (AvgIpc) is 3.10. The Morgan fingerprint density at radius 1 is 1.32 bits per heavy atom. The molecule has 0 fully saturated rings. The van der Waals surface area contributed by atoms with Crippen LogP contribution in [0.5, 0.6) is 5.75 Å². The molecule has 1 atom stereocenters. The summed E-state index contributed by atoms with van der Waals surface area (Å²) in [6, 6.07) is 9.91. The highest BCUT2D eigenvalue weighted by Crippen LogP contribution is 2.36. The number of nitrogens with zero attached hydrogens (tertiary/aromatic N) is 1. The van der Waals surface area contributed by atoms with Crippen molar-refractivity contribution in [3.63, 3.8) is 0 Å². The van der Waals surface area contributed by atoms with Crippen LogP contribution in [-0.2, 0) is 13.5 Å². The molecule has 0 bridgehead atoms. The molecule has 3 aromatic rings. The van der Waals surface area contributed by atoms with Crippen LogP contribution in [0.2, 0.25) is 0 Å². The van der Waals surface area contributed by atoms with E-state index >= 15 is 0 Å². The molecular weight excluding hydrogens is 322 g/mol. The van der Waals surface area contributed by atoms with E-state index in [0.29, 0.717) is 16.8 Å². The summed E-state index contributed by atoms with van der Waals surface area (Å²) in [5, 5.41) is 15.5. The maximum atomic E-state index is 12.3. The molecule has 1 aromatic heterocycles. The van der Waals surface area contributed by atoms with Crippen LogP contribution in [0.1, 0.15) is 23.6 Å². The molecule has 1 aliphatic rings. The molecule has 2 aromatic carbocycles. The minimum atomic E-state index is -0.445. The first-order valence-electron chi connectivity index (χ1n) is 8.01. The molecule has 25 heavy (non-hydrogen) atoms. The number of anilines is 1. The van der Waals surface area contributed by atoms with Crippen LogP contribution in [0, 0.1) is 0 Å². The number of aromatic hydroxyl groups is 1. The topological polar surface area (TPSA) is 96.5 Å². The summed E-state index contributed by atoms with van der Waals surface area (Å²) in [5.41, 5.74) is 3.45. The van der Waals surface area contributed by atoms with Crippen LogP contribution in [0.3, 0.4) is 0 Å². The van der Waals surface area contributed by atoms with Gasteiger partial charge in [0.1, 0.15) is 5.75 Å². The fourth-order valence-electron chi connectivity index (χ4n) is 3.32. The second-order valence-electron chi connectivity index (χ2n) is 6.14.